The van der Waals surface area contributed by atoms with Crippen molar-refractivity contribution in [2.45, 2.75) is 70.8 Å². The van der Waals surface area contributed by atoms with E-state index in [4.69, 9.17) is 6.42 Å². The molecule has 0 aromatic carbocycles. The van der Waals surface area contributed by atoms with Crippen LogP contribution in [0.15, 0.2) is 11.6 Å². The van der Waals surface area contributed by atoms with Crippen LogP contribution in [-0.4, -0.2) is 16.5 Å². The first-order valence-electron chi connectivity index (χ1n) is 9.87. The van der Waals surface area contributed by atoms with E-state index in [1.807, 2.05) is 6.08 Å². The highest BCUT2D eigenvalue weighted by molar-refractivity contribution is 5.91. The molecular weight excluding hydrogens is 296 g/mol. The molecule has 1 N–H and O–H groups in total. The van der Waals surface area contributed by atoms with Gasteiger partial charge in [0.05, 0.1) is 0 Å². The molecule has 0 bridgehead atoms. The van der Waals surface area contributed by atoms with Crippen LogP contribution in [0.4, 0.5) is 0 Å². The van der Waals surface area contributed by atoms with E-state index < -0.39 is 5.60 Å². The molecule has 3 saturated carbocycles. The first-order chi connectivity index (χ1) is 11.4. The van der Waals surface area contributed by atoms with Crippen LogP contribution in [0, 0.1) is 47.3 Å². The molecule has 4 rings (SSSR count). The van der Waals surface area contributed by atoms with Crippen molar-refractivity contribution in [3.05, 3.63) is 11.6 Å². The first kappa shape index (κ1) is 16.4. The van der Waals surface area contributed by atoms with Gasteiger partial charge in [0.25, 0.3) is 0 Å². The Morgan fingerprint density at radius 2 is 2.12 bits per heavy atom. The molecule has 0 saturated heterocycles. The van der Waals surface area contributed by atoms with Crippen molar-refractivity contribution < 1.29 is 9.90 Å². The van der Waals surface area contributed by atoms with Gasteiger partial charge in [-0.15, -0.1) is 6.42 Å². The van der Waals surface area contributed by atoms with E-state index in [1.165, 1.54) is 12.0 Å². The highest BCUT2D eigenvalue weighted by atomic mass is 16.3. The lowest BCUT2D eigenvalue weighted by Crippen LogP contribution is -2.55. The lowest BCUT2D eigenvalue weighted by molar-refractivity contribution is -0.120. The summed E-state index contributed by atoms with van der Waals surface area (Å²) in [6, 6.07) is 0. The summed E-state index contributed by atoms with van der Waals surface area (Å²) in [6.45, 7) is 4.56. The predicted molar refractivity (Wildman–Crippen MR) is 95.0 cm³/mol. The van der Waals surface area contributed by atoms with E-state index in [9.17, 15) is 9.90 Å². The second-order valence-corrected chi connectivity index (χ2v) is 9.05. The van der Waals surface area contributed by atoms with Crippen LogP contribution in [0.2, 0.25) is 0 Å². The standard InChI is InChI=1S/C22H30O2/c1-4-14-13-21(3)19(10-11-22(21,24)5-2)18-8-6-15-12-16(23)7-9-17(15)20(14)18/h2,12,14,17-20,24H,4,6-11,13H2,1,3H3/t14-,17?,18-,19-,20+,21-,22-/m0/s1. The third-order valence-corrected chi connectivity index (χ3v) is 8.34. The lowest BCUT2D eigenvalue weighted by Gasteiger charge is -2.58. The van der Waals surface area contributed by atoms with Crippen molar-refractivity contribution >= 4 is 5.78 Å². The van der Waals surface area contributed by atoms with Gasteiger partial charge in [-0.25, -0.2) is 0 Å². The van der Waals surface area contributed by atoms with Gasteiger partial charge in [-0.2, -0.15) is 0 Å². The molecule has 1 unspecified atom stereocenters. The van der Waals surface area contributed by atoms with Crippen LogP contribution >= 0.6 is 0 Å². The molecule has 0 spiro atoms. The number of rotatable bonds is 1. The molecule has 3 fully saturated rings. The summed E-state index contributed by atoms with van der Waals surface area (Å²) in [5.74, 6) is 6.25. The van der Waals surface area contributed by atoms with Crippen molar-refractivity contribution in [2.24, 2.45) is 35.0 Å². The summed E-state index contributed by atoms with van der Waals surface area (Å²) in [7, 11) is 0. The fourth-order valence-corrected chi connectivity index (χ4v) is 7.15. The van der Waals surface area contributed by atoms with Gasteiger partial charge >= 0.3 is 0 Å². The van der Waals surface area contributed by atoms with Crippen LogP contribution in [0.1, 0.15) is 65.2 Å². The van der Waals surface area contributed by atoms with Gasteiger partial charge in [-0.05, 0) is 74.2 Å². The molecule has 130 valence electrons. The van der Waals surface area contributed by atoms with Gasteiger partial charge in [-0.1, -0.05) is 31.8 Å². The van der Waals surface area contributed by atoms with Gasteiger partial charge in [-0.3, -0.25) is 4.79 Å². The average molecular weight is 326 g/mol. The summed E-state index contributed by atoms with van der Waals surface area (Å²) in [6.07, 6.45) is 15.8. The summed E-state index contributed by atoms with van der Waals surface area (Å²) in [4.78, 5) is 11.9. The van der Waals surface area contributed by atoms with Crippen molar-refractivity contribution in [1.29, 1.82) is 0 Å². The highest BCUT2D eigenvalue weighted by Crippen LogP contribution is 2.66. The molecule has 0 radical (unpaired) electrons. The van der Waals surface area contributed by atoms with E-state index >= 15 is 0 Å². The first-order valence-corrected chi connectivity index (χ1v) is 9.87. The number of hydrogen-bond donors (Lipinski definition) is 1. The van der Waals surface area contributed by atoms with E-state index in [0.717, 1.165) is 44.9 Å². The number of terminal acetylenes is 1. The Morgan fingerprint density at radius 1 is 1.33 bits per heavy atom. The monoisotopic (exact) mass is 326 g/mol. The molecule has 4 aliphatic carbocycles. The maximum Gasteiger partial charge on any atom is 0.155 e. The quantitative estimate of drug-likeness (QED) is 0.736. The number of carbonyl (C=O) groups is 1. The minimum Gasteiger partial charge on any atom is -0.377 e. The number of ketones is 1. The minimum atomic E-state index is -0.922. The van der Waals surface area contributed by atoms with E-state index in [2.05, 4.69) is 19.8 Å². The van der Waals surface area contributed by atoms with Gasteiger partial charge in [0.2, 0.25) is 0 Å². The maximum absolute atomic E-state index is 11.9. The Morgan fingerprint density at radius 3 is 2.83 bits per heavy atom. The van der Waals surface area contributed by atoms with Gasteiger partial charge in [0.15, 0.2) is 5.78 Å². The molecule has 0 aromatic rings. The van der Waals surface area contributed by atoms with Crippen molar-refractivity contribution in [3.63, 3.8) is 0 Å². The molecule has 0 aliphatic heterocycles. The van der Waals surface area contributed by atoms with Crippen LogP contribution in [-0.2, 0) is 4.79 Å². The Bertz CT molecular complexity index is 626. The van der Waals surface area contributed by atoms with E-state index in [1.54, 1.807) is 0 Å². The van der Waals surface area contributed by atoms with Crippen molar-refractivity contribution in [2.75, 3.05) is 0 Å². The molecule has 0 heterocycles. The Balaban J connectivity index is 1.73. The molecular formula is C22H30O2. The molecule has 4 aliphatic rings. The summed E-state index contributed by atoms with van der Waals surface area (Å²) in [5.41, 5.74) is 0.379. The Kier molecular flexibility index (Phi) is 3.73. The molecule has 7 atom stereocenters. The highest BCUT2D eigenvalue weighted by Gasteiger charge is 2.63. The zero-order valence-corrected chi connectivity index (χ0v) is 15.1. The van der Waals surface area contributed by atoms with Gasteiger partial charge < -0.3 is 5.11 Å². The third kappa shape index (κ3) is 2.03. The fraction of sp³-hybridized carbons (Fsp3) is 0.773. The minimum absolute atomic E-state index is 0.130. The largest absolute Gasteiger partial charge is 0.377 e. The van der Waals surface area contributed by atoms with Gasteiger partial charge in [0, 0.05) is 11.8 Å². The average Bonchev–Trinajstić information content (AvgIpc) is 2.85. The second kappa shape index (κ2) is 5.46. The van der Waals surface area contributed by atoms with Crippen molar-refractivity contribution in [1.82, 2.24) is 0 Å². The number of hydrogen-bond acceptors (Lipinski definition) is 2. The maximum atomic E-state index is 11.9. The number of allylic oxidation sites excluding steroid dienone is 1. The summed E-state index contributed by atoms with van der Waals surface area (Å²) >= 11 is 0. The summed E-state index contributed by atoms with van der Waals surface area (Å²) < 4.78 is 0. The zero-order chi connectivity index (χ0) is 17.1. The molecule has 0 aromatic heterocycles. The fourth-order valence-electron chi connectivity index (χ4n) is 7.15. The van der Waals surface area contributed by atoms with Crippen LogP contribution in [0.3, 0.4) is 0 Å². The predicted octanol–water partition coefficient (Wildman–Crippen LogP) is 4.13. The zero-order valence-electron chi connectivity index (χ0n) is 15.1. The molecule has 0 amide bonds. The smallest absolute Gasteiger partial charge is 0.155 e. The molecule has 24 heavy (non-hydrogen) atoms. The lowest BCUT2D eigenvalue weighted by atomic mass is 9.47. The summed E-state index contributed by atoms with van der Waals surface area (Å²) in [5, 5.41) is 11.1. The molecule has 2 heteroatoms. The second-order valence-electron chi connectivity index (χ2n) is 9.05. The third-order valence-electron chi connectivity index (χ3n) is 8.34. The van der Waals surface area contributed by atoms with Crippen LogP contribution in [0.25, 0.3) is 0 Å². The van der Waals surface area contributed by atoms with Crippen LogP contribution in [0.5, 0.6) is 0 Å². The molecule has 2 nitrogen and oxygen atoms in total. The Labute approximate surface area is 146 Å². The number of aliphatic hydroxyl groups is 1. The normalized spacial score (nSPS) is 50.3. The van der Waals surface area contributed by atoms with Crippen LogP contribution < -0.4 is 0 Å². The van der Waals surface area contributed by atoms with Crippen molar-refractivity contribution in [3.8, 4) is 12.3 Å². The van der Waals surface area contributed by atoms with E-state index in [0.29, 0.717) is 35.4 Å². The number of fused-ring (bicyclic) bond motifs is 5. The topological polar surface area (TPSA) is 37.3 Å². The van der Waals surface area contributed by atoms with E-state index in [-0.39, 0.29) is 5.41 Å². The van der Waals surface area contributed by atoms with Gasteiger partial charge in [0.1, 0.15) is 5.60 Å². The SMILES string of the molecule is C#C[C@]1(O)CC[C@H]2[C@@H]3CCC4=CC(=O)CCC4[C@H]3[C@@H](CC)C[C@@]21C. The number of carbonyl (C=O) groups excluding carboxylic acids is 1. The Hall–Kier alpha value is -1.07.